The van der Waals surface area contributed by atoms with Crippen molar-refractivity contribution < 1.29 is 13.2 Å². The van der Waals surface area contributed by atoms with Gasteiger partial charge in [0.25, 0.3) is 5.91 Å². The summed E-state index contributed by atoms with van der Waals surface area (Å²) in [4.78, 5) is 14.7. The van der Waals surface area contributed by atoms with Crippen molar-refractivity contribution in [1.82, 2.24) is 14.5 Å². The van der Waals surface area contributed by atoms with Gasteiger partial charge in [-0.2, -0.15) is 4.31 Å². The first-order valence-electron chi connectivity index (χ1n) is 10.00. The average Bonchev–Trinajstić information content (AvgIpc) is 2.73. The highest BCUT2D eigenvalue weighted by Crippen LogP contribution is 2.18. The Hall–Kier alpha value is -2.22. The highest BCUT2D eigenvalue weighted by atomic mass is 32.2. The molecule has 1 N–H and O–H groups in total. The Morgan fingerprint density at radius 1 is 1.00 bits per heavy atom. The van der Waals surface area contributed by atoms with Crippen LogP contribution >= 0.6 is 0 Å². The van der Waals surface area contributed by atoms with E-state index < -0.39 is 10.0 Å². The van der Waals surface area contributed by atoms with Gasteiger partial charge < -0.3 is 10.2 Å². The van der Waals surface area contributed by atoms with Gasteiger partial charge in [0.15, 0.2) is 0 Å². The van der Waals surface area contributed by atoms with E-state index in [-0.39, 0.29) is 17.7 Å². The fourth-order valence-electron chi connectivity index (χ4n) is 3.47. The maximum Gasteiger partial charge on any atom is 0.251 e. The largest absolute Gasteiger partial charge is 0.345 e. The molecule has 0 unspecified atom stereocenters. The first-order valence-corrected chi connectivity index (χ1v) is 11.6. The van der Waals surface area contributed by atoms with Crippen LogP contribution in [0.5, 0.6) is 0 Å². The molecule has 0 aliphatic carbocycles. The molecule has 7 heteroatoms. The van der Waals surface area contributed by atoms with Gasteiger partial charge in [0.2, 0.25) is 10.0 Å². The minimum absolute atomic E-state index is 0.0415. The number of piperazine rings is 1. The molecule has 3 rings (SSSR count). The van der Waals surface area contributed by atoms with Gasteiger partial charge in [0, 0.05) is 31.7 Å². The van der Waals surface area contributed by atoms with Crippen molar-refractivity contribution in [3.63, 3.8) is 0 Å². The molecule has 29 heavy (non-hydrogen) atoms. The molecular weight excluding hydrogens is 386 g/mol. The number of hydrogen-bond donors (Lipinski definition) is 1. The molecule has 1 aliphatic rings. The number of nitrogens with one attached hydrogen (secondary N) is 1. The number of benzene rings is 2. The van der Waals surface area contributed by atoms with Gasteiger partial charge in [-0.3, -0.25) is 4.79 Å². The molecule has 1 aliphatic heterocycles. The van der Waals surface area contributed by atoms with Gasteiger partial charge in [0.05, 0.1) is 11.8 Å². The fraction of sp³-hybridized carbons (Fsp3) is 0.409. The molecule has 0 bridgehead atoms. The second-order valence-electron chi connectivity index (χ2n) is 7.50. The van der Waals surface area contributed by atoms with E-state index in [0.717, 1.165) is 25.1 Å². The van der Waals surface area contributed by atoms with E-state index in [1.54, 1.807) is 28.6 Å². The van der Waals surface area contributed by atoms with Crippen LogP contribution in [0.25, 0.3) is 0 Å². The molecule has 6 nitrogen and oxygen atoms in total. The molecule has 0 saturated carbocycles. The van der Waals surface area contributed by atoms with Crippen LogP contribution < -0.4 is 5.32 Å². The molecule has 1 amide bonds. The van der Waals surface area contributed by atoms with Gasteiger partial charge in [-0.1, -0.05) is 49.4 Å². The zero-order chi connectivity index (χ0) is 20.9. The lowest BCUT2D eigenvalue weighted by Crippen LogP contribution is -2.47. The Labute approximate surface area is 173 Å². The quantitative estimate of drug-likeness (QED) is 0.755. The van der Waals surface area contributed by atoms with E-state index in [9.17, 15) is 13.2 Å². The Bertz CT molecular complexity index is 906. The topological polar surface area (TPSA) is 69.7 Å². The number of likely N-dealkylation sites (N-methyl/N-ethyl adjacent to an activating group) is 1. The van der Waals surface area contributed by atoms with Crippen molar-refractivity contribution in [3.05, 3.63) is 71.3 Å². The number of hydrogen-bond acceptors (Lipinski definition) is 4. The van der Waals surface area contributed by atoms with E-state index in [1.807, 2.05) is 44.3 Å². The zero-order valence-corrected chi connectivity index (χ0v) is 17.9. The van der Waals surface area contributed by atoms with E-state index >= 15 is 0 Å². The summed E-state index contributed by atoms with van der Waals surface area (Å²) in [6, 6.07) is 16.7. The molecule has 0 radical (unpaired) electrons. The summed E-state index contributed by atoms with van der Waals surface area (Å²) in [5.41, 5.74) is 2.29. The minimum atomic E-state index is -3.35. The van der Waals surface area contributed by atoms with E-state index in [0.29, 0.717) is 24.2 Å². The lowest BCUT2D eigenvalue weighted by molar-refractivity contribution is 0.0935. The Balaban J connectivity index is 1.62. The van der Waals surface area contributed by atoms with Crippen molar-refractivity contribution >= 4 is 15.9 Å². The van der Waals surface area contributed by atoms with Crippen molar-refractivity contribution in [1.29, 1.82) is 0 Å². The molecule has 1 saturated heterocycles. The molecule has 1 fully saturated rings. The molecule has 0 spiro atoms. The van der Waals surface area contributed by atoms with Gasteiger partial charge >= 0.3 is 0 Å². The monoisotopic (exact) mass is 415 g/mol. The maximum atomic E-state index is 12.6. The van der Waals surface area contributed by atoms with Crippen molar-refractivity contribution in [2.45, 2.75) is 25.1 Å². The maximum absolute atomic E-state index is 12.6. The third-order valence-corrected chi connectivity index (χ3v) is 7.19. The fourth-order valence-corrected chi connectivity index (χ4v) is 4.98. The molecular formula is C22H29N3O3S. The lowest BCUT2D eigenvalue weighted by Gasteiger charge is -2.31. The van der Waals surface area contributed by atoms with E-state index in [1.165, 1.54) is 0 Å². The third-order valence-electron chi connectivity index (χ3n) is 5.34. The normalized spacial score (nSPS) is 17.0. The first-order chi connectivity index (χ1) is 13.9. The Morgan fingerprint density at radius 2 is 1.62 bits per heavy atom. The summed E-state index contributed by atoms with van der Waals surface area (Å²) >= 11 is 0. The van der Waals surface area contributed by atoms with Crippen LogP contribution in [-0.2, 0) is 15.8 Å². The lowest BCUT2D eigenvalue weighted by atomic mass is 10.0. The number of nitrogens with zero attached hydrogens (tertiary/aromatic N) is 2. The summed E-state index contributed by atoms with van der Waals surface area (Å²) in [6.07, 6.45) is 0.789. The first kappa shape index (κ1) is 21.5. The van der Waals surface area contributed by atoms with Gasteiger partial charge in [-0.25, -0.2) is 8.42 Å². The van der Waals surface area contributed by atoms with Crippen molar-refractivity contribution in [2.24, 2.45) is 0 Å². The SMILES string of the molecule is CC[C@H](NC(=O)c1ccc(CS(=O)(=O)N2CCN(C)CC2)cc1)c1ccccc1. The molecule has 2 aromatic rings. The number of carbonyl (C=O) groups is 1. The summed E-state index contributed by atoms with van der Waals surface area (Å²) < 4.78 is 26.9. The summed E-state index contributed by atoms with van der Waals surface area (Å²) in [5.74, 6) is -0.200. The number of carbonyl (C=O) groups excluding carboxylic acids is 1. The predicted molar refractivity (Wildman–Crippen MR) is 115 cm³/mol. The van der Waals surface area contributed by atoms with Gasteiger partial charge in [-0.15, -0.1) is 0 Å². The van der Waals surface area contributed by atoms with Crippen molar-refractivity contribution in [2.75, 3.05) is 33.2 Å². The highest BCUT2D eigenvalue weighted by molar-refractivity contribution is 7.88. The van der Waals surface area contributed by atoms with Gasteiger partial charge in [0.1, 0.15) is 0 Å². The summed E-state index contributed by atoms with van der Waals surface area (Å²) in [5, 5.41) is 3.05. The molecule has 156 valence electrons. The highest BCUT2D eigenvalue weighted by Gasteiger charge is 2.26. The van der Waals surface area contributed by atoms with Crippen LogP contribution in [0.15, 0.2) is 54.6 Å². The van der Waals surface area contributed by atoms with E-state index in [4.69, 9.17) is 0 Å². The number of rotatable bonds is 7. The van der Waals surface area contributed by atoms with Crippen LogP contribution in [0.3, 0.4) is 0 Å². The average molecular weight is 416 g/mol. The van der Waals surface area contributed by atoms with E-state index in [2.05, 4.69) is 10.2 Å². The second kappa shape index (κ2) is 9.52. The van der Waals surface area contributed by atoms with Crippen LogP contribution in [0, 0.1) is 0 Å². The molecule has 1 atom stereocenters. The predicted octanol–water partition coefficient (Wildman–Crippen LogP) is 2.64. The summed E-state index contributed by atoms with van der Waals surface area (Å²) in [7, 11) is -1.35. The standard InChI is InChI=1S/C22H29N3O3S/c1-3-21(19-7-5-4-6-8-19)23-22(26)20-11-9-18(10-12-20)17-29(27,28)25-15-13-24(2)14-16-25/h4-12,21H,3,13-17H2,1-2H3,(H,23,26)/t21-/m0/s1. The Morgan fingerprint density at radius 3 is 2.21 bits per heavy atom. The van der Waals surface area contributed by atoms with Crippen LogP contribution in [0.2, 0.25) is 0 Å². The third kappa shape index (κ3) is 5.65. The van der Waals surface area contributed by atoms with Crippen LogP contribution in [0.4, 0.5) is 0 Å². The smallest absolute Gasteiger partial charge is 0.251 e. The zero-order valence-electron chi connectivity index (χ0n) is 17.0. The number of amides is 1. The van der Waals surface area contributed by atoms with Gasteiger partial charge in [-0.05, 0) is 36.7 Å². The van der Waals surface area contributed by atoms with Crippen LogP contribution in [0.1, 0.15) is 40.9 Å². The number of sulfonamides is 1. The minimum Gasteiger partial charge on any atom is -0.345 e. The molecule has 1 heterocycles. The summed E-state index contributed by atoms with van der Waals surface area (Å²) in [6.45, 7) is 4.58. The molecule has 2 aromatic carbocycles. The second-order valence-corrected chi connectivity index (χ2v) is 9.47. The van der Waals surface area contributed by atoms with Crippen molar-refractivity contribution in [3.8, 4) is 0 Å². The molecule has 0 aromatic heterocycles. The Kier molecular flexibility index (Phi) is 7.05. The van der Waals surface area contributed by atoms with Crippen LogP contribution in [-0.4, -0.2) is 56.8 Å².